The van der Waals surface area contributed by atoms with E-state index in [1.165, 1.54) is 0 Å². The molecule has 0 saturated heterocycles. The summed E-state index contributed by atoms with van der Waals surface area (Å²) >= 11 is 0. The molecule has 0 radical (unpaired) electrons. The zero-order valence-electron chi connectivity index (χ0n) is 9.97. The summed E-state index contributed by atoms with van der Waals surface area (Å²) in [7, 11) is 1.74. The van der Waals surface area contributed by atoms with Crippen LogP contribution in [0.1, 0.15) is 16.2 Å². The molecule has 2 rings (SSSR count). The zero-order valence-corrected chi connectivity index (χ0v) is 9.97. The standard InChI is InChI=1S/C11H14N6O/c1-12-10-3-2-9(16-17-10)11(18)14-5-4-8-6-13-7-15-8/h2-3,6-7H,4-5H2,1H3,(H,12,17)(H,13,15)(H,14,18). The molecular weight excluding hydrogens is 232 g/mol. The third-order valence-corrected chi connectivity index (χ3v) is 2.39. The zero-order chi connectivity index (χ0) is 12.8. The van der Waals surface area contributed by atoms with Gasteiger partial charge in [-0.25, -0.2) is 4.98 Å². The lowest BCUT2D eigenvalue weighted by Gasteiger charge is -2.03. The number of nitrogens with zero attached hydrogens (tertiary/aromatic N) is 3. The van der Waals surface area contributed by atoms with E-state index in [-0.39, 0.29) is 5.91 Å². The Balaban J connectivity index is 1.83. The predicted octanol–water partition coefficient (Wildman–Crippen LogP) is 0.214. The summed E-state index contributed by atoms with van der Waals surface area (Å²) in [6.07, 6.45) is 4.04. The van der Waals surface area contributed by atoms with Crippen LogP contribution in [0.5, 0.6) is 0 Å². The summed E-state index contributed by atoms with van der Waals surface area (Å²) in [6, 6.07) is 3.33. The first-order valence-corrected chi connectivity index (χ1v) is 5.56. The fourth-order valence-electron chi connectivity index (χ4n) is 1.41. The van der Waals surface area contributed by atoms with E-state index in [0.717, 1.165) is 5.69 Å². The van der Waals surface area contributed by atoms with Crippen molar-refractivity contribution in [1.29, 1.82) is 0 Å². The number of carbonyl (C=O) groups excluding carboxylic acids is 1. The van der Waals surface area contributed by atoms with E-state index in [2.05, 4.69) is 30.8 Å². The number of imidazole rings is 1. The van der Waals surface area contributed by atoms with Gasteiger partial charge in [0.15, 0.2) is 5.69 Å². The minimum absolute atomic E-state index is 0.232. The molecular formula is C11H14N6O. The molecule has 3 N–H and O–H groups in total. The molecule has 2 aromatic heterocycles. The van der Waals surface area contributed by atoms with E-state index >= 15 is 0 Å². The van der Waals surface area contributed by atoms with Gasteiger partial charge in [-0.2, -0.15) is 0 Å². The highest BCUT2D eigenvalue weighted by molar-refractivity contribution is 5.92. The third-order valence-electron chi connectivity index (χ3n) is 2.39. The van der Waals surface area contributed by atoms with Gasteiger partial charge >= 0.3 is 0 Å². The van der Waals surface area contributed by atoms with Gasteiger partial charge < -0.3 is 15.6 Å². The van der Waals surface area contributed by atoms with Crippen molar-refractivity contribution in [1.82, 2.24) is 25.5 Å². The average Bonchev–Trinajstić information content (AvgIpc) is 2.92. The molecule has 0 aliphatic rings. The van der Waals surface area contributed by atoms with Crippen molar-refractivity contribution in [3.05, 3.63) is 36.0 Å². The Hall–Kier alpha value is -2.44. The molecule has 0 aromatic carbocycles. The molecule has 7 nitrogen and oxygen atoms in total. The van der Waals surface area contributed by atoms with Gasteiger partial charge in [-0.1, -0.05) is 0 Å². The number of nitrogens with one attached hydrogen (secondary N) is 3. The minimum Gasteiger partial charge on any atom is -0.372 e. The van der Waals surface area contributed by atoms with Crippen molar-refractivity contribution < 1.29 is 4.79 Å². The van der Waals surface area contributed by atoms with Crippen LogP contribution < -0.4 is 10.6 Å². The number of H-pyrrole nitrogens is 1. The predicted molar refractivity (Wildman–Crippen MR) is 66.2 cm³/mol. The van der Waals surface area contributed by atoms with Gasteiger partial charge in [0.25, 0.3) is 5.91 Å². The monoisotopic (exact) mass is 246 g/mol. The molecule has 0 unspecified atom stereocenters. The Kier molecular flexibility index (Phi) is 3.85. The highest BCUT2D eigenvalue weighted by Crippen LogP contribution is 2.00. The molecule has 2 aromatic rings. The van der Waals surface area contributed by atoms with Gasteiger partial charge in [0, 0.05) is 31.9 Å². The van der Waals surface area contributed by atoms with Crippen LogP contribution in [-0.2, 0) is 6.42 Å². The molecule has 18 heavy (non-hydrogen) atoms. The number of hydrogen-bond donors (Lipinski definition) is 3. The Morgan fingerprint density at radius 2 is 2.28 bits per heavy atom. The number of aromatic nitrogens is 4. The van der Waals surface area contributed by atoms with Crippen LogP contribution in [0.3, 0.4) is 0 Å². The van der Waals surface area contributed by atoms with Gasteiger partial charge in [-0.15, -0.1) is 10.2 Å². The van der Waals surface area contributed by atoms with Gasteiger partial charge in [0.1, 0.15) is 5.82 Å². The summed E-state index contributed by atoms with van der Waals surface area (Å²) in [5, 5.41) is 13.3. The largest absolute Gasteiger partial charge is 0.372 e. The maximum atomic E-state index is 11.7. The first kappa shape index (κ1) is 12.0. The van der Waals surface area contributed by atoms with Crippen LogP contribution in [0.2, 0.25) is 0 Å². The molecule has 1 amide bonds. The van der Waals surface area contributed by atoms with E-state index in [1.807, 2.05) is 0 Å². The van der Waals surface area contributed by atoms with Crippen molar-refractivity contribution in [2.24, 2.45) is 0 Å². The maximum Gasteiger partial charge on any atom is 0.271 e. The second-order valence-electron chi connectivity index (χ2n) is 3.64. The molecule has 0 fully saturated rings. The minimum atomic E-state index is -0.232. The van der Waals surface area contributed by atoms with Gasteiger partial charge in [-0.3, -0.25) is 4.79 Å². The van der Waals surface area contributed by atoms with Crippen LogP contribution in [0, 0.1) is 0 Å². The fourth-order valence-corrected chi connectivity index (χ4v) is 1.41. The van der Waals surface area contributed by atoms with Gasteiger partial charge in [0.2, 0.25) is 0 Å². The fraction of sp³-hybridized carbons (Fsp3) is 0.273. The topological polar surface area (TPSA) is 95.6 Å². The average molecular weight is 246 g/mol. The first-order valence-electron chi connectivity index (χ1n) is 5.56. The number of amides is 1. The molecule has 0 aliphatic heterocycles. The van der Waals surface area contributed by atoms with E-state index < -0.39 is 0 Å². The number of carbonyl (C=O) groups is 1. The van der Waals surface area contributed by atoms with Crippen LogP contribution >= 0.6 is 0 Å². The lowest BCUT2D eigenvalue weighted by molar-refractivity contribution is 0.0948. The summed E-state index contributed by atoms with van der Waals surface area (Å²) in [5.41, 5.74) is 1.28. The molecule has 94 valence electrons. The van der Waals surface area contributed by atoms with E-state index in [0.29, 0.717) is 24.5 Å². The number of aromatic amines is 1. The Morgan fingerprint density at radius 3 is 2.89 bits per heavy atom. The van der Waals surface area contributed by atoms with E-state index in [9.17, 15) is 4.79 Å². The van der Waals surface area contributed by atoms with Gasteiger partial charge in [0.05, 0.1) is 6.33 Å². The second kappa shape index (κ2) is 5.76. The Bertz CT molecular complexity index is 493. The number of rotatable bonds is 5. The summed E-state index contributed by atoms with van der Waals surface area (Å²) in [5.74, 6) is 0.397. The van der Waals surface area contributed by atoms with E-state index in [1.54, 1.807) is 31.7 Å². The summed E-state index contributed by atoms with van der Waals surface area (Å²) in [4.78, 5) is 18.6. The second-order valence-corrected chi connectivity index (χ2v) is 3.64. The van der Waals surface area contributed by atoms with Crippen LogP contribution in [-0.4, -0.2) is 39.7 Å². The van der Waals surface area contributed by atoms with Gasteiger partial charge in [-0.05, 0) is 12.1 Å². The highest BCUT2D eigenvalue weighted by Gasteiger charge is 2.07. The normalized spacial score (nSPS) is 10.1. The molecule has 0 spiro atoms. The summed E-state index contributed by atoms with van der Waals surface area (Å²) < 4.78 is 0. The smallest absolute Gasteiger partial charge is 0.271 e. The highest BCUT2D eigenvalue weighted by atomic mass is 16.1. The lowest BCUT2D eigenvalue weighted by Crippen LogP contribution is -2.26. The van der Waals surface area contributed by atoms with Crippen LogP contribution in [0.25, 0.3) is 0 Å². The lowest BCUT2D eigenvalue weighted by atomic mass is 10.3. The Morgan fingerprint density at radius 1 is 1.39 bits per heavy atom. The van der Waals surface area contributed by atoms with Crippen molar-refractivity contribution in [3.63, 3.8) is 0 Å². The van der Waals surface area contributed by atoms with Crippen molar-refractivity contribution >= 4 is 11.7 Å². The molecule has 2 heterocycles. The first-order chi connectivity index (χ1) is 8.79. The molecule has 0 saturated carbocycles. The maximum absolute atomic E-state index is 11.7. The quantitative estimate of drug-likeness (QED) is 0.701. The Labute approximate surface area is 104 Å². The molecule has 0 atom stereocenters. The van der Waals surface area contributed by atoms with Crippen LogP contribution in [0.15, 0.2) is 24.7 Å². The molecule has 7 heteroatoms. The van der Waals surface area contributed by atoms with E-state index in [4.69, 9.17) is 0 Å². The SMILES string of the molecule is CNc1ccc(C(=O)NCCc2cnc[nH]2)nn1. The van der Waals surface area contributed by atoms with Crippen LogP contribution in [0.4, 0.5) is 5.82 Å². The number of anilines is 1. The van der Waals surface area contributed by atoms with Crippen molar-refractivity contribution in [2.75, 3.05) is 18.9 Å². The number of hydrogen-bond acceptors (Lipinski definition) is 5. The molecule has 0 bridgehead atoms. The van der Waals surface area contributed by atoms with Crippen molar-refractivity contribution in [3.8, 4) is 0 Å². The third kappa shape index (κ3) is 3.03. The molecule has 0 aliphatic carbocycles. The van der Waals surface area contributed by atoms with Crippen molar-refractivity contribution in [2.45, 2.75) is 6.42 Å². The summed E-state index contributed by atoms with van der Waals surface area (Å²) in [6.45, 7) is 0.524.